The second kappa shape index (κ2) is 5.38. The van der Waals surface area contributed by atoms with E-state index >= 15 is 0 Å². The largest absolute Gasteiger partial charge is 0.467 e. The van der Waals surface area contributed by atoms with E-state index < -0.39 is 0 Å². The molecule has 20 heavy (non-hydrogen) atoms. The van der Waals surface area contributed by atoms with Crippen molar-refractivity contribution in [2.45, 2.75) is 25.8 Å². The van der Waals surface area contributed by atoms with Crippen molar-refractivity contribution < 1.29 is 4.42 Å². The SMILES string of the molecule is C[C@H]1CCN(c2cc(C#N)ccn2)[C@@H](c2ccco2)C1. The Balaban J connectivity index is 1.95. The number of rotatable bonds is 2. The van der Waals surface area contributed by atoms with Crippen LogP contribution in [0.3, 0.4) is 0 Å². The number of hydrogen-bond acceptors (Lipinski definition) is 4. The van der Waals surface area contributed by atoms with E-state index in [-0.39, 0.29) is 6.04 Å². The number of anilines is 1. The fourth-order valence-electron chi connectivity index (χ4n) is 2.81. The van der Waals surface area contributed by atoms with Gasteiger partial charge in [-0.1, -0.05) is 6.92 Å². The zero-order chi connectivity index (χ0) is 13.9. The van der Waals surface area contributed by atoms with E-state index in [1.807, 2.05) is 18.2 Å². The molecule has 0 saturated carbocycles. The van der Waals surface area contributed by atoms with Crippen molar-refractivity contribution in [2.75, 3.05) is 11.4 Å². The van der Waals surface area contributed by atoms with Crippen LogP contribution in [0.25, 0.3) is 0 Å². The van der Waals surface area contributed by atoms with E-state index in [4.69, 9.17) is 9.68 Å². The number of hydrogen-bond donors (Lipinski definition) is 0. The monoisotopic (exact) mass is 267 g/mol. The molecule has 3 rings (SSSR count). The molecule has 4 nitrogen and oxygen atoms in total. The Morgan fingerprint density at radius 3 is 3.10 bits per heavy atom. The predicted octanol–water partition coefficient (Wildman–Crippen LogP) is 3.52. The van der Waals surface area contributed by atoms with E-state index in [1.165, 1.54) is 0 Å². The van der Waals surface area contributed by atoms with Gasteiger partial charge in [-0.05, 0) is 43.0 Å². The summed E-state index contributed by atoms with van der Waals surface area (Å²) in [5, 5.41) is 9.04. The molecule has 0 amide bonds. The molecule has 0 spiro atoms. The Morgan fingerprint density at radius 1 is 1.45 bits per heavy atom. The molecule has 2 atom stereocenters. The molecule has 0 aromatic carbocycles. The van der Waals surface area contributed by atoms with Crippen molar-refractivity contribution >= 4 is 5.82 Å². The van der Waals surface area contributed by atoms with Gasteiger partial charge in [-0.25, -0.2) is 4.98 Å². The summed E-state index contributed by atoms with van der Waals surface area (Å²) in [4.78, 5) is 6.68. The molecule has 0 bridgehead atoms. The molecule has 2 aromatic rings. The molecule has 0 unspecified atom stereocenters. The molecule has 0 aliphatic carbocycles. The Hall–Kier alpha value is -2.28. The number of nitriles is 1. The molecule has 1 aliphatic heterocycles. The van der Waals surface area contributed by atoms with Crippen molar-refractivity contribution in [3.8, 4) is 6.07 Å². The molecule has 0 N–H and O–H groups in total. The van der Waals surface area contributed by atoms with Crippen LogP contribution in [0.5, 0.6) is 0 Å². The van der Waals surface area contributed by atoms with Gasteiger partial charge in [-0.15, -0.1) is 0 Å². The Bertz CT molecular complexity index is 615. The third-order valence-electron chi connectivity index (χ3n) is 3.91. The maximum Gasteiger partial charge on any atom is 0.130 e. The molecule has 4 heteroatoms. The highest BCUT2D eigenvalue weighted by atomic mass is 16.3. The fourth-order valence-corrected chi connectivity index (χ4v) is 2.81. The Kier molecular flexibility index (Phi) is 3.42. The van der Waals surface area contributed by atoms with Gasteiger partial charge in [0, 0.05) is 12.7 Å². The van der Waals surface area contributed by atoms with Crippen LogP contribution < -0.4 is 4.90 Å². The smallest absolute Gasteiger partial charge is 0.130 e. The number of pyridine rings is 1. The zero-order valence-electron chi connectivity index (χ0n) is 11.5. The first-order chi connectivity index (χ1) is 9.78. The highest BCUT2D eigenvalue weighted by molar-refractivity contribution is 5.47. The third-order valence-corrected chi connectivity index (χ3v) is 3.91. The fraction of sp³-hybridized carbons (Fsp3) is 0.375. The average molecular weight is 267 g/mol. The van der Waals surface area contributed by atoms with Gasteiger partial charge >= 0.3 is 0 Å². The standard InChI is InChI=1S/C16H17N3O/c1-12-5-7-19(14(9-12)15-3-2-8-20-15)16-10-13(11-17)4-6-18-16/h2-4,6,8,10,12,14H,5,7,9H2,1H3/t12-,14+/m0/s1. The maximum atomic E-state index is 9.04. The highest BCUT2D eigenvalue weighted by Gasteiger charge is 2.30. The van der Waals surface area contributed by atoms with Crippen molar-refractivity contribution in [3.05, 3.63) is 48.0 Å². The van der Waals surface area contributed by atoms with Gasteiger partial charge in [0.05, 0.1) is 23.9 Å². The average Bonchev–Trinajstić information content (AvgIpc) is 3.01. The van der Waals surface area contributed by atoms with Gasteiger partial charge in [-0.3, -0.25) is 0 Å². The zero-order valence-corrected chi connectivity index (χ0v) is 11.5. The van der Waals surface area contributed by atoms with E-state index in [0.29, 0.717) is 11.5 Å². The number of furan rings is 1. The minimum absolute atomic E-state index is 0.204. The van der Waals surface area contributed by atoms with Crippen LogP contribution in [0.4, 0.5) is 5.82 Å². The summed E-state index contributed by atoms with van der Waals surface area (Å²) in [5.74, 6) is 2.50. The molecule has 3 heterocycles. The van der Waals surface area contributed by atoms with Crippen molar-refractivity contribution in [2.24, 2.45) is 5.92 Å². The first-order valence-corrected chi connectivity index (χ1v) is 6.94. The number of nitrogens with zero attached hydrogens (tertiary/aromatic N) is 3. The summed E-state index contributed by atoms with van der Waals surface area (Å²) in [6, 6.07) is 9.91. The molecule has 1 saturated heterocycles. The summed E-state index contributed by atoms with van der Waals surface area (Å²) < 4.78 is 5.60. The van der Waals surface area contributed by atoms with Gasteiger partial charge < -0.3 is 9.32 Å². The summed E-state index contributed by atoms with van der Waals surface area (Å²) in [6.45, 7) is 3.21. The highest BCUT2D eigenvalue weighted by Crippen LogP contribution is 2.36. The first kappa shape index (κ1) is 12.7. The maximum absolute atomic E-state index is 9.04. The van der Waals surface area contributed by atoms with Crippen molar-refractivity contribution in [1.82, 2.24) is 4.98 Å². The van der Waals surface area contributed by atoms with E-state index in [0.717, 1.165) is 31.0 Å². The molecule has 0 radical (unpaired) electrons. The number of aromatic nitrogens is 1. The summed E-state index contributed by atoms with van der Waals surface area (Å²) >= 11 is 0. The minimum Gasteiger partial charge on any atom is -0.467 e. The lowest BCUT2D eigenvalue weighted by atomic mass is 9.91. The lowest BCUT2D eigenvalue weighted by Crippen LogP contribution is -2.36. The summed E-state index contributed by atoms with van der Waals surface area (Å²) in [5.41, 5.74) is 0.645. The lowest BCUT2D eigenvalue weighted by molar-refractivity contribution is 0.327. The summed E-state index contributed by atoms with van der Waals surface area (Å²) in [7, 11) is 0. The quantitative estimate of drug-likeness (QED) is 0.835. The van der Waals surface area contributed by atoms with Crippen LogP contribution >= 0.6 is 0 Å². The molecule has 1 aliphatic rings. The first-order valence-electron chi connectivity index (χ1n) is 6.94. The molecular weight excluding hydrogens is 250 g/mol. The third kappa shape index (κ3) is 2.39. The van der Waals surface area contributed by atoms with E-state index in [1.54, 1.807) is 18.5 Å². The minimum atomic E-state index is 0.204. The Labute approximate surface area is 118 Å². The lowest BCUT2D eigenvalue weighted by Gasteiger charge is -2.38. The predicted molar refractivity (Wildman–Crippen MR) is 76.1 cm³/mol. The van der Waals surface area contributed by atoms with Crippen LogP contribution in [0.15, 0.2) is 41.1 Å². The topological polar surface area (TPSA) is 53.1 Å². The van der Waals surface area contributed by atoms with Crippen LogP contribution in [-0.4, -0.2) is 11.5 Å². The molecule has 102 valence electrons. The van der Waals surface area contributed by atoms with Gasteiger partial charge in [0.2, 0.25) is 0 Å². The van der Waals surface area contributed by atoms with Gasteiger partial charge in [-0.2, -0.15) is 5.26 Å². The van der Waals surface area contributed by atoms with Crippen LogP contribution in [0.1, 0.15) is 37.1 Å². The number of piperidine rings is 1. The van der Waals surface area contributed by atoms with Crippen LogP contribution in [0.2, 0.25) is 0 Å². The van der Waals surface area contributed by atoms with Crippen molar-refractivity contribution in [1.29, 1.82) is 5.26 Å². The van der Waals surface area contributed by atoms with Crippen molar-refractivity contribution in [3.63, 3.8) is 0 Å². The normalized spacial score (nSPS) is 22.5. The Morgan fingerprint density at radius 2 is 2.35 bits per heavy atom. The molecule has 2 aromatic heterocycles. The van der Waals surface area contributed by atoms with Crippen LogP contribution in [0, 0.1) is 17.2 Å². The molecular formula is C16H17N3O. The second-order valence-corrected chi connectivity index (χ2v) is 5.37. The van der Waals surface area contributed by atoms with Gasteiger partial charge in [0.15, 0.2) is 0 Å². The van der Waals surface area contributed by atoms with E-state index in [2.05, 4.69) is 22.9 Å². The van der Waals surface area contributed by atoms with Crippen LogP contribution in [-0.2, 0) is 0 Å². The summed E-state index contributed by atoms with van der Waals surface area (Å²) in [6.07, 6.45) is 5.60. The molecule has 1 fully saturated rings. The van der Waals surface area contributed by atoms with Gasteiger partial charge in [0.1, 0.15) is 11.6 Å². The van der Waals surface area contributed by atoms with Gasteiger partial charge in [0.25, 0.3) is 0 Å². The second-order valence-electron chi connectivity index (χ2n) is 5.37. The van der Waals surface area contributed by atoms with E-state index in [9.17, 15) is 0 Å².